The van der Waals surface area contributed by atoms with Crippen molar-refractivity contribution in [3.63, 3.8) is 0 Å². The lowest BCUT2D eigenvalue weighted by Crippen LogP contribution is -2.56. The van der Waals surface area contributed by atoms with Crippen molar-refractivity contribution in [3.8, 4) is 0 Å². The summed E-state index contributed by atoms with van der Waals surface area (Å²) in [6, 6.07) is 7.07. The second-order valence-electron chi connectivity index (χ2n) is 7.37. The molecule has 1 aromatic heterocycles. The van der Waals surface area contributed by atoms with Gasteiger partial charge in [0.25, 0.3) is 0 Å². The predicted molar refractivity (Wildman–Crippen MR) is 99.9 cm³/mol. The summed E-state index contributed by atoms with van der Waals surface area (Å²) in [5, 5.41) is 0. The van der Waals surface area contributed by atoms with Crippen molar-refractivity contribution >= 4 is 27.8 Å². The van der Waals surface area contributed by atoms with E-state index in [-0.39, 0.29) is 0 Å². The summed E-state index contributed by atoms with van der Waals surface area (Å²) in [5.74, 6) is 3.47. The number of benzene rings is 1. The Morgan fingerprint density at radius 1 is 1.12 bits per heavy atom. The summed E-state index contributed by atoms with van der Waals surface area (Å²) in [5.41, 5.74) is 4.42. The molecular formula is C20H20BrN3. The van der Waals surface area contributed by atoms with Gasteiger partial charge in [-0.2, -0.15) is 0 Å². The van der Waals surface area contributed by atoms with E-state index in [1.807, 2.05) is 6.20 Å². The molecule has 2 atom stereocenters. The van der Waals surface area contributed by atoms with E-state index in [0.29, 0.717) is 0 Å². The van der Waals surface area contributed by atoms with Crippen LogP contribution in [0.3, 0.4) is 0 Å². The first-order chi connectivity index (χ1) is 11.8. The standard InChI is InChI=1S/C20H20BrN3/c21-19-9-23-20(10-22-19)24-11-16-8-17(12-24)18(16)7-13-4-5-14-2-1-3-15(14)6-13/h1,3-6,9-10,16-18H,2,7-8,11-12H2. The Kier molecular flexibility index (Phi) is 3.47. The monoisotopic (exact) mass is 381 g/mol. The van der Waals surface area contributed by atoms with Crippen LogP contribution in [0.1, 0.15) is 23.1 Å². The van der Waals surface area contributed by atoms with Crippen LogP contribution in [0.2, 0.25) is 0 Å². The summed E-state index contributed by atoms with van der Waals surface area (Å²) in [6.07, 6.45) is 11.9. The van der Waals surface area contributed by atoms with E-state index in [1.165, 1.54) is 29.5 Å². The van der Waals surface area contributed by atoms with Crippen LogP contribution in [-0.4, -0.2) is 23.1 Å². The van der Waals surface area contributed by atoms with Crippen LogP contribution >= 0.6 is 15.9 Å². The third-order valence-corrected chi connectivity index (χ3v) is 6.38. The Balaban J connectivity index is 1.28. The molecule has 0 spiro atoms. The average Bonchev–Trinajstić information content (AvgIpc) is 3.08. The van der Waals surface area contributed by atoms with E-state index < -0.39 is 0 Å². The smallest absolute Gasteiger partial charge is 0.147 e. The Hall–Kier alpha value is -1.68. The van der Waals surface area contributed by atoms with Crippen LogP contribution in [0.15, 0.2) is 41.3 Å². The highest BCUT2D eigenvalue weighted by atomic mass is 79.9. The highest BCUT2D eigenvalue weighted by molar-refractivity contribution is 9.10. The predicted octanol–water partition coefficient (Wildman–Crippen LogP) is 4.12. The molecule has 2 aliphatic heterocycles. The summed E-state index contributed by atoms with van der Waals surface area (Å²) >= 11 is 3.36. The van der Waals surface area contributed by atoms with E-state index in [4.69, 9.17) is 0 Å². The first kappa shape index (κ1) is 14.6. The summed E-state index contributed by atoms with van der Waals surface area (Å²) in [7, 11) is 0. The molecule has 2 saturated heterocycles. The van der Waals surface area contributed by atoms with Gasteiger partial charge in [-0.15, -0.1) is 0 Å². The lowest BCUT2D eigenvalue weighted by Gasteiger charge is -2.54. The van der Waals surface area contributed by atoms with E-state index in [1.54, 1.807) is 6.20 Å². The molecule has 24 heavy (non-hydrogen) atoms. The zero-order valence-electron chi connectivity index (χ0n) is 13.5. The number of hydrogen-bond acceptors (Lipinski definition) is 3. The van der Waals surface area contributed by atoms with Gasteiger partial charge in [-0.3, -0.25) is 0 Å². The van der Waals surface area contributed by atoms with E-state index in [2.05, 4.69) is 61.1 Å². The second kappa shape index (κ2) is 5.69. The van der Waals surface area contributed by atoms with Gasteiger partial charge in [0.15, 0.2) is 0 Å². The maximum atomic E-state index is 4.51. The molecule has 2 aromatic rings. The molecule has 2 unspecified atom stereocenters. The van der Waals surface area contributed by atoms with Gasteiger partial charge < -0.3 is 4.90 Å². The fraction of sp³-hybridized carbons (Fsp3) is 0.400. The number of aromatic nitrogens is 2. The van der Waals surface area contributed by atoms with Gasteiger partial charge in [0.1, 0.15) is 10.4 Å². The van der Waals surface area contributed by atoms with Crippen LogP contribution in [0.25, 0.3) is 6.08 Å². The van der Waals surface area contributed by atoms with Crippen molar-refractivity contribution in [2.24, 2.45) is 17.8 Å². The Bertz CT molecular complexity index is 787. The van der Waals surface area contributed by atoms with Crippen molar-refractivity contribution in [2.45, 2.75) is 19.3 Å². The third-order valence-electron chi connectivity index (χ3n) is 5.97. The molecule has 1 saturated carbocycles. The highest BCUT2D eigenvalue weighted by Crippen LogP contribution is 2.47. The Morgan fingerprint density at radius 3 is 2.79 bits per heavy atom. The zero-order chi connectivity index (χ0) is 16.1. The Morgan fingerprint density at radius 2 is 2.00 bits per heavy atom. The van der Waals surface area contributed by atoms with Crippen molar-refractivity contribution in [2.75, 3.05) is 18.0 Å². The first-order valence-corrected chi connectivity index (χ1v) is 9.56. The van der Waals surface area contributed by atoms with Gasteiger partial charge in [0, 0.05) is 13.1 Å². The zero-order valence-corrected chi connectivity index (χ0v) is 15.1. The van der Waals surface area contributed by atoms with Gasteiger partial charge >= 0.3 is 0 Å². The first-order valence-electron chi connectivity index (χ1n) is 8.77. The minimum Gasteiger partial charge on any atom is -0.355 e. The second-order valence-corrected chi connectivity index (χ2v) is 8.18. The number of anilines is 1. The lowest BCUT2D eigenvalue weighted by atomic mass is 9.59. The fourth-order valence-electron chi connectivity index (χ4n) is 4.67. The van der Waals surface area contributed by atoms with Crippen molar-refractivity contribution in [1.82, 2.24) is 9.97 Å². The molecule has 6 rings (SSSR count). The molecule has 4 aliphatic rings. The number of rotatable bonds is 3. The summed E-state index contributed by atoms with van der Waals surface area (Å²) < 4.78 is 0.803. The van der Waals surface area contributed by atoms with E-state index in [0.717, 1.165) is 47.7 Å². The number of fused-ring (bicyclic) bond motifs is 3. The summed E-state index contributed by atoms with van der Waals surface area (Å²) in [4.78, 5) is 11.3. The van der Waals surface area contributed by atoms with Crippen LogP contribution in [-0.2, 0) is 12.8 Å². The quantitative estimate of drug-likeness (QED) is 0.800. The maximum Gasteiger partial charge on any atom is 0.147 e. The number of halogens is 1. The van der Waals surface area contributed by atoms with Crippen LogP contribution < -0.4 is 4.90 Å². The van der Waals surface area contributed by atoms with Gasteiger partial charge in [-0.25, -0.2) is 9.97 Å². The van der Waals surface area contributed by atoms with Gasteiger partial charge in [0.2, 0.25) is 0 Å². The largest absolute Gasteiger partial charge is 0.355 e. The number of allylic oxidation sites excluding steroid dienone is 1. The number of hydrogen-bond donors (Lipinski definition) is 0. The Labute approximate surface area is 150 Å². The molecule has 2 bridgehead atoms. The fourth-order valence-corrected chi connectivity index (χ4v) is 4.88. The lowest BCUT2D eigenvalue weighted by molar-refractivity contribution is 0.0482. The minimum absolute atomic E-state index is 0.803. The molecule has 3 heterocycles. The highest BCUT2D eigenvalue weighted by Gasteiger charge is 2.46. The van der Waals surface area contributed by atoms with Crippen molar-refractivity contribution in [1.29, 1.82) is 0 Å². The molecule has 0 amide bonds. The molecule has 2 aliphatic carbocycles. The van der Waals surface area contributed by atoms with Gasteiger partial charge in [-0.05, 0) is 69.6 Å². The summed E-state index contributed by atoms with van der Waals surface area (Å²) in [6.45, 7) is 2.25. The van der Waals surface area contributed by atoms with Crippen molar-refractivity contribution < 1.29 is 0 Å². The average molecular weight is 382 g/mol. The molecule has 4 heteroatoms. The van der Waals surface area contributed by atoms with Crippen LogP contribution in [0.5, 0.6) is 0 Å². The molecule has 3 fully saturated rings. The number of piperidine rings is 2. The molecule has 0 N–H and O–H groups in total. The molecule has 1 aromatic carbocycles. The van der Waals surface area contributed by atoms with E-state index >= 15 is 0 Å². The SMILES string of the molecule is Brc1cnc(N2CC3CC(C2)C3Cc2ccc3c(c2)C=CC3)cn1. The van der Waals surface area contributed by atoms with E-state index in [9.17, 15) is 0 Å². The normalized spacial score (nSPS) is 27.0. The van der Waals surface area contributed by atoms with Gasteiger partial charge in [0.05, 0.1) is 12.4 Å². The molecule has 0 radical (unpaired) electrons. The van der Waals surface area contributed by atoms with Crippen LogP contribution in [0.4, 0.5) is 5.82 Å². The molecular weight excluding hydrogens is 362 g/mol. The minimum atomic E-state index is 0.803. The third kappa shape index (κ3) is 2.48. The maximum absolute atomic E-state index is 4.51. The number of nitrogens with zero attached hydrogens (tertiary/aromatic N) is 3. The van der Waals surface area contributed by atoms with Crippen LogP contribution in [0, 0.1) is 17.8 Å². The molecule has 122 valence electrons. The van der Waals surface area contributed by atoms with Gasteiger partial charge in [-0.1, -0.05) is 30.4 Å². The topological polar surface area (TPSA) is 29.0 Å². The molecule has 3 nitrogen and oxygen atoms in total. The van der Waals surface area contributed by atoms with Crippen molar-refractivity contribution in [3.05, 3.63) is 58.0 Å².